The molecule has 26 heavy (non-hydrogen) atoms. The van der Waals surface area contributed by atoms with Gasteiger partial charge < -0.3 is 18.6 Å². The van der Waals surface area contributed by atoms with Crippen LogP contribution in [0.3, 0.4) is 0 Å². The van der Waals surface area contributed by atoms with Gasteiger partial charge in [-0.3, -0.25) is 0 Å². The Labute approximate surface area is 149 Å². The standard InChI is InChI=1S/C19H17NO6/c1-4-24-13-7-5-12(6-8-13)17-20-16(19(22)26-17)10-14-9-15(11(2)25-14)18(21)23-3/h5-10H,4H2,1-3H3/b16-10+. The van der Waals surface area contributed by atoms with Crippen molar-refractivity contribution in [1.82, 2.24) is 0 Å². The molecule has 1 aromatic heterocycles. The molecule has 1 aliphatic rings. The maximum atomic E-state index is 12.1. The van der Waals surface area contributed by atoms with Gasteiger partial charge in [-0.2, -0.15) is 0 Å². The number of hydrogen-bond donors (Lipinski definition) is 0. The van der Waals surface area contributed by atoms with E-state index in [0.29, 0.717) is 29.3 Å². The largest absolute Gasteiger partial charge is 0.494 e. The minimum absolute atomic E-state index is 0.0825. The van der Waals surface area contributed by atoms with E-state index in [1.165, 1.54) is 19.3 Å². The van der Waals surface area contributed by atoms with E-state index in [-0.39, 0.29) is 11.6 Å². The third-order valence-electron chi connectivity index (χ3n) is 3.65. The highest BCUT2D eigenvalue weighted by atomic mass is 16.6. The fraction of sp³-hybridized carbons (Fsp3) is 0.211. The van der Waals surface area contributed by atoms with Crippen molar-refractivity contribution >= 4 is 23.9 Å². The summed E-state index contributed by atoms with van der Waals surface area (Å²) >= 11 is 0. The topological polar surface area (TPSA) is 87.3 Å². The van der Waals surface area contributed by atoms with Crippen LogP contribution >= 0.6 is 0 Å². The average Bonchev–Trinajstić information content (AvgIpc) is 3.18. The first kappa shape index (κ1) is 17.5. The van der Waals surface area contributed by atoms with Crippen molar-refractivity contribution in [2.24, 2.45) is 4.99 Å². The lowest BCUT2D eigenvalue weighted by molar-refractivity contribution is -0.129. The van der Waals surface area contributed by atoms with E-state index in [4.69, 9.17) is 13.9 Å². The number of carbonyl (C=O) groups excluding carboxylic acids is 2. The van der Waals surface area contributed by atoms with Gasteiger partial charge in [0.05, 0.1) is 13.7 Å². The Morgan fingerprint density at radius 1 is 1.27 bits per heavy atom. The number of nitrogens with zero attached hydrogens (tertiary/aromatic N) is 1. The third kappa shape index (κ3) is 3.51. The highest BCUT2D eigenvalue weighted by Gasteiger charge is 2.25. The van der Waals surface area contributed by atoms with Crippen LogP contribution in [-0.4, -0.2) is 31.6 Å². The van der Waals surface area contributed by atoms with Crippen molar-refractivity contribution < 1.29 is 28.2 Å². The SMILES string of the molecule is CCOc1ccc(C2=N/C(=C/c3cc(C(=O)OC)c(C)o3)C(=O)O2)cc1. The highest BCUT2D eigenvalue weighted by molar-refractivity contribution is 6.12. The minimum Gasteiger partial charge on any atom is -0.494 e. The number of benzene rings is 1. The fourth-order valence-electron chi connectivity index (χ4n) is 2.42. The van der Waals surface area contributed by atoms with Crippen molar-refractivity contribution in [1.29, 1.82) is 0 Å². The van der Waals surface area contributed by atoms with Gasteiger partial charge in [-0.25, -0.2) is 14.6 Å². The van der Waals surface area contributed by atoms with Crippen LogP contribution in [0, 0.1) is 6.92 Å². The van der Waals surface area contributed by atoms with E-state index in [0.717, 1.165) is 5.75 Å². The zero-order valence-electron chi connectivity index (χ0n) is 14.6. The molecule has 2 aromatic rings. The number of cyclic esters (lactones) is 1. The van der Waals surface area contributed by atoms with Gasteiger partial charge >= 0.3 is 11.9 Å². The molecule has 134 valence electrons. The van der Waals surface area contributed by atoms with Gasteiger partial charge in [0.25, 0.3) is 0 Å². The van der Waals surface area contributed by atoms with Crippen molar-refractivity contribution in [2.75, 3.05) is 13.7 Å². The first-order chi connectivity index (χ1) is 12.5. The van der Waals surface area contributed by atoms with Gasteiger partial charge in [-0.05, 0) is 44.2 Å². The van der Waals surface area contributed by atoms with Crippen molar-refractivity contribution in [2.45, 2.75) is 13.8 Å². The average molecular weight is 355 g/mol. The van der Waals surface area contributed by atoms with E-state index in [1.54, 1.807) is 31.2 Å². The summed E-state index contributed by atoms with van der Waals surface area (Å²) in [5.41, 5.74) is 1.02. The molecule has 1 aromatic carbocycles. The number of furan rings is 1. The van der Waals surface area contributed by atoms with Crippen molar-refractivity contribution in [3.05, 3.63) is 58.7 Å². The van der Waals surface area contributed by atoms with E-state index in [2.05, 4.69) is 9.73 Å². The van der Waals surface area contributed by atoms with Gasteiger partial charge in [0.2, 0.25) is 5.90 Å². The Morgan fingerprint density at radius 3 is 2.65 bits per heavy atom. The quantitative estimate of drug-likeness (QED) is 0.605. The van der Waals surface area contributed by atoms with Gasteiger partial charge in [-0.15, -0.1) is 0 Å². The number of ether oxygens (including phenoxy) is 3. The predicted octanol–water partition coefficient (Wildman–Crippen LogP) is 3.12. The van der Waals surface area contributed by atoms with Crippen LogP contribution in [0.25, 0.3) is 6.08 Å². The molecule has 0 saturated carbocycles. The normalized spacial score (nSPS) is 15.0. The summed E-state index contributed by atoms with van der Waals surface area (Å²) in [7, 11) is 1.29. The van der Waals surface area contributed by atoms with Crippen molar-refractivity contribution in [3.8, 4) is 5.75 Å². The Hall–Kier alpha value is -3.35. The van der Waals surface area contributed by atoms with Crippen molar-refractivity contribution in [3.63, 3.8) is 0 Å². The molecule has 7 nitrogen and oxygen atoms in total. The summed E-state index contributed by atoms with van der Waals surface area (Å²) in [6, 6.07) is 8.55. The van der Waals surface area contributed by atoms with E-state index >= 15 is 0 Å². The zero-order chi connectivity index (χ0) is 18.7. The minimum atomic E-state index is -0.595. The van der Waals surface area contributed by atoms with Crippen LogP contribution in [0.2, 0.25) is 0 Å². The number of aliphatic imine (C=N–C) groups is 1. The molecule has 0 unspecified atom stereocenters. The lowest BCUT2D eigenvalue weighted by Crippen LogP contribution is -2.05. The second-order valence-electron chi connectivity index (χ2n) is 5.40. The molecule has 0 saturated heterocycles. The van der Waals surface area contributed by atoms with E-state index in [1.807, 2.05) is 6.92 Å². The molecule has 7 heteroatoms. The Kier molecular flexibility index (Phi) is 4.88. The van der Waals surface area contributed by atoms with Crippen LogP contribution < -0.4 is 4.74 Å². The first-order valence-electron chi connectivity index (χ1n) is 7.96. The summed E-state index contributed by atoms with van der Waals surface area (Å²) in [4.78, 5) is 27.9. The van der Waals surface area contributed by atoms with Gasteiger partial charge in [0.15, 0.2) is 5.70 Å². The summed E-state index contributed by atoms with van der Waals surface area (Å²) in [6.07, 6.45) is 1.42. The molecular formula is C19H17NO6. The lowest BCUT2D eigenvalue weighted by atomic mass is 10.2. The second-order valence-corrected chi connectivity index (χ2v) is 5.40. The van der Waals surface area contributed by atoms with Crippen LogP contribution in [0.5, 0.6) is 5.75 Å². The first-order valence-corrected chi connectivity index (χ1v) is 7.96. The molecule has 0 fully saturated rings. The van der Waals surface area contributed by atoms with E-state index < -0.39 is 11.9 Å². The molecule has 0 aliphatic carbocycles. The summed E-state index contributed by atoms with van der Waals surface area (Å²) < 4.78 is 20.7. The maximum absolute atomic E-state index is 12.1. The van der Waals surface area contributed by atoms with Crippen LogP contribution in [0.15, 0.2) is 45.4 Å². The highest BCUT2D eigenvalue weighted by Crippen LogP contribution is 2.23. The molecule has 0 radical (unpaired) electrons. The molecule has 1 aliphatic heterocycles. The second kappa shape index (κ2) is 7.26. The molecule has 0 bridgehead atoms. The summed E-state index contributed by atoms with van der Waals surface area (Å²) in [5.74, 6) is 0.516. The number of rotatable bonds is 5. The monoisotopic (exact) mass is 355 g/mol. The molecule has 0 spiro atoms. The predicted molar refractivity (Wildman–Crippen MR) is 93.0 cm³/mol. The smallest absolute Gasteiger partial charge is 0.363 e. The maximum Gasteiger partial charge on any atom is 0.363 e. The summed E-state index contributed by atoms with van der Waals surface area (Å²) in [6.45, 7) is 4.10. The number of esters is 2. The number of aryl methyl sites for hydroxylation is 1. The van der Waals surface area contributed by atoms with Gasteiger partial charge in [0.1, 0.15) is 22.8 Å². The molecular weight excluding hydrogens is 338 g/mol. The van der Waals surface area contributed by atoms with Crippen LogP contribution in [0.1, 0.15) is 34.4 Å². The number of methoxy groups -OCH3 is 1. The third-order valence-corrected chi connectivity index (χ3v) is 3.65. The number of carbonyl (C=O) groups is 2. The number of hydrogen-bond acceptors (Lipinski definition) is 7. The fourth-order valence-corrected chi connectivity index (χ4v) is 2.42. The zero-order valence-corrected chi connectivity index (χ0v) is 14.6. The molecule has 0 N–H and O–H groups in total. The summed E-state index contributed by atoms with van der Waals surface area (Å²) in [5, 5.41) is 0. The van der Waals surface area contributed by atoms with E-state index in [9.17, 15) is 9.59 Å². The Bertz CT molecular complexity index is 905. The lowest BCUT2D eigenvalue weighted by Gasteiger charge is -2.03. The molecule has 0 atom stereocenters. The van der Waals surface area contributed by atoms with Gasteiger partial charge in [0, 0.05) is 11.6 Å². The van der Waals surface area contributed by atoms with Gasteiger partial charge in [-0.1, -0.05) is 0 Å². The van der Waals surface area contributed by atoms with Crippen LogP contribution in [0.4, 0.5) is 0 Å². The van der Waals surface area contributed by atoms with Crippen LogP contribution in [-0.2, 0) is 14.3 Å². The Balaban J connectivity index is 1.85. The Morgan fingerprint density at radius 2 is 2.00 bits per heavy atom. The molecule has 0 amide bonds. The molecule has 3 rings (SSSR count). The molecule has 2 heterocycles.